The summed E-state index contributed by atoms with van der Waals surface area (Å²) in [4.78, 5) is 4.30. The molecule has 128 valence electrons. The lowest BCUT2D eigenvalue weighted by Gasteiger charge is -2.14. The summed E-state index contributed by atoms with van der Waals surface area (Å²) in [5.74, 6) is -0.840. The SMILES string of the molecule is CC(C)c1ccccc1Nc1cnnc(Nc2ccc(F)c(F)c2)n1. The van der Waals surface area contributed by atoms with Crippen LogP contribution in [0.2, 0.25) is 0 Å². The average Bonchev–Trinajstić information content (AvgIpc) is 2.59. The van der Waals surface area contributed by atoms with Gasteiger partial charge in [0.1, 0.15) is 0 Å². The predicted octanol–water partition coefficient (Wildman–Crippen LogP) is 4.76. The van der Waals surface area contributed by atoms with Gasteiger partial charge in [0.2, 0.25) is 5.95 Å². The Morgan fingerprint density at radius 1 is 0.960 bits per heavy atom. The summed E-state index contributed by atoms with van der Waals surface area (Å²) in [6.45, 7) is 4.21. The van der Waals surface area contributed by atoms with Crippen LogP contribution in [0.25, 0.3) is 0 Å². The van der Waals surface area contributed by atoms with Crippen molar-refractivity contribution in [2.24, 2.45) is 0 Å². The second-order valence-electron chi connectivity index (χ2n) is 5.79. The summed E-state index contributed by atoms with van der Waals surface area (Å²) in [6.07, 6.45) is 1.49. The summed E-state index contributed by atoms with van der Waals surface area (Å²) >= 11 is 0. The molecule has 0 saturated heterocycles. The van der Waals surface area contributed by atoms with Crippen LogP contribution >= 0.6 is 0 Å². The number of rotatable bonds is 5. The molecule has 7 heteroatoms. The maximum Gasteiger partial charge on any atom is 0.249 e. The molecule has 0 atom stereocenters. The summed E-state index contributed by atoms with van der Waals surface area (Å²) in [7, 11) is 0. The van der Waals surface area contributed by atoms with Crippen molar-refractivity contribution in [2.45, 2.75) is 19.8 Å². The maximum absolute atomic E-state index is 13.3. The van der Waals surface area contributed by atoms with Crippen LogP contribution in [0.5, 0.6) is 0 Å². The summed E-state index contributed by atoms with van der Waals surface area (Å²) in [5.41, 5.74) is 2.41. The summed E-state index contributed by atoms with van der Waals surface area (Å²) < 4.78 is 26.3. The van der Waals surface area contributed by atoms with Crippen molar-refractivity contribution in [2.75, 3.05) is 10.6 Å². The van der Waals surface area contributed by atoms with Gasteiger partial charge >= 0.3 is 0 Å². The zero-order valence-corrected chi connectivity index (χ0v) is 13.8. The zero-order chi connectivity index (χ0) is 17.8. The lowest BCUT2D eigenvalue weighted by molar-refractivity contribution is 0.509. The highest BCUT2D eigenvalue weighted by Crippen LogP contribution is 2.26. The highest BCUT2D eigenvalue weighted by Gasteiger charge is 2.09. The molecule has 3 aromatic rings. The molecule has 0 fully saturated rings. The Hall–Kier alpha value is -3.09. The molecule has 5 nitrogen and oxygen atoms in total. The number of halogens is 2. The number of aromatic nitrogens is 3. The van der Waals surface area contributed by atoms with Gasteiger partial charge in [-0.05, 0) is 29.7 Å². The van der Waals surface area contributed by atoms with Crippen molar-refractivity contribution in [3.8, 4) is 0 Å². The standard InChI is InChI=1S/C18H17F2N5/c1-11(2)13-5-3-4-6-16(13)23-17-10-21-25-18(24-17)22-12-7-8-14(19)15(20)9-12/h3-11H,1-2H3,(H2,22,23,24,25). The van der Waals surface area contributed by atoms with Crippen LogP contribution in [0.15, 0.2) is 48.7 Å². The molecule has 2 aromatic carbocycles. The fourth-order valence-electron chi connectivity index (χ4n) is 2.37. The number of para-hydroxylation sites is 1. The fraction of sp³-hybridized carbons (Fsp3) is 0.167. The van der Waals surface area contributed by atoms with Crippen molar-refractivity contribution < 1.29 is 8.78 Å². The number of anilines is 4. The number of nitrogens with one attached hydrogen (secondary N) is 2. The minimum absolute atomic E-state index is 0.179. The van der Waals surface area contributed by atoms with Crippen molar-refractivity contribution in [1.82, 2.24) is 15.2 Å². The van der Waals surface area contributed by atoms with Crippen LogP contribution in [0.4, 0.5) is 31.9 Å². The third-order valence-corrected chi connectivity index (χ3v) is 3.58. The van der Waals surface area contributed by atoms with E-state index < -0.39 is 11.6 Å². The molecule has 0 bridgehead atoms. The molecular weight excluding hydrogens is 324 g/mol. The van der Waals surface area contributed by atoms with Gasteiger partial charge in [0.05, 0.1) is 6.20 Å². The van der Waals surface area contributed by atoms with Crippen LogP contribution in [0, 0.1) is 11.6 Å². The van der Waals surface area contributed by atoms with Gasteiger partial charge < -0.3 is 10.6 Å². The van der Waals surface area contributed by atoms with Crippen molar-refractivity contribution >= 4 is 23.1 Å². The van der Waals surface area contributed by atoms with E-state index in [9.17, 15) is 8.78 Å². The fourth-order valence-corrected chi connectivity index (χ4v) is 2.37. The molecule has 1 heterocycles. The maximum atomic E-state index is 13.3. The first kappa shape index (κ1) is 16.8. The molecule has 2 N–H and O–H groups in total. The molecule has 0 radical (unpaired) electrons. The Kier molecular flexibility index (Phi) is 4.83. The number of hydrogen-bond acceptors (Lipinski definition) is 5. The van der Waals surface area contributed by atoms with E-state index in [1.807, 2.05) is 24.3 Å². The summed E-state index contributed by atoms with van der Waals surface area (Å²) in [6, 6.07) is 11.4. The first-order chi connectivity index (χ1) is 12.0. The van der Waals surface area contributed by atoms with Crippen LogP contribution in [-0.4, -0.2) is 15.2 Å². The minimum Gasteiger partial charge on any atom is -0.339 e. The van der Waals surface area contributed by atoms with Gasteiger partial charge in [-0.25, -0.2) is 8.78 Å². The van der Waals surface area contributed by atoms with E-state index in [1.165, 1.54) is 12.3 Å². The zero-order valence-electron chi connectivity index (χ0n) is 13.8. The number of benzene rings is 2. The van der Waals surface area contributed by atoms with Crippen molar-refractivity contribution in [1.29, 1.82) is 0 Å². The third-order valence-electron chi connectivity index (χ3n) is 3.58. The quantitative estimate of drug-likeness (QED) is 0.700. The monoisotopic (exact) mass is 341 g/mol. The molecule has 0 saturated carbocycles. The van der Waals surface area contributed by atoms with Gasteiger partial charge in [-0.15, -0.1) is 5.10 Å². The van der Waals surface area contributed by atoms with Crippen LogP contribution in [0.3, 0.4) is 0 Å². The van der Waals surface area contributed by atoms with E-state index in [0.717, 1.165) is 23.4 Å². The normalized spacial score (nSPS) is 10.8. The lowest BCUT2D eigenvalue weighted by Crippen LogP contribution is -2.04. The van der Waals surface area contributed by atoms with E-state index >= 15 is 0 Å². The van der Waals surface area contributed by atoms with E-state index in [0.29, 0.717) is 17.4 Å². The van der Waals surface area contributed by atoms with E-state index in [-0.39, 0.29) is 5.95 Å². The molecule has 0 amide bonds. The second kappa shape index (κ2) is 7.21. The Labute approximate surface area is 144 Å². The van der Waals surface area contributed by atoms with Crippen LogP contribution < -0.4 is 10.6 Å². The average molecular weight is 341 g/mol. The molecule has 0 aliphatic heterocycles. The van der Waals surface area contributed by atoms with Crippen molar-refractivity contribution in [3.05, 3.63) is 65.9 Å². The highest BCUT2D eigenvalue weighted by atomic mass is 19.2. The topological polar surface area (TPSA) is 62.7 Å². The van der Waals surface area contributed by atoms with Gasteiger partial charge in [-0.3, -0.25) is 0 Å². The first-order valence-electron chi connectivity index (χ1n) is 7.80. The van der Waals surface area contributed by atoms with Gasteiger partial charge in [-0.1, -0.05) is 32.0 Å². The van der Waals surface area contributed by atoms with Crippen LogP contribution in [-0.2, 0) is 0 Å². The third kappa shape index (κ3) is 4.06. The molecule has 1 aromatic heterocycles. The van der Waals surface area contributed by atoms with Gasteiger partial charge in [-0.2, -0.15) is 10.1 Å². The lowest BCUT2D eigenvalue weighted by atomic mass is 10.0. The molecule has 3 rings (SSSR count). The number of hydrogen-bond donors (Lipinski definition) is 2. The molecule has 0 aliphatic carbocycles. The second-order valence-corrected chi connectivity index (χ2v) is 5.79. The molecule has 0 unspecified atom stereocenters. The predicted molar refractivity (Wildman–Crippen MR) is 93.3 cm³/mol. The van der Waals surface area contributed by atoms with Gasteiger partial charge in [0.25, 0.3) is 0 Å². The largest absolute Gasteiger partial charge is 0.339 e. The Bertz CT molecular complexity index is 883. The first-order valence-corrected chi connectivity index (χ1v) is 7.80. The highest BCUT2D eigenvalue weighted by molar-refractivity contribution is 5.62. The van der Waals surface area contributed by atoms with E-state index in [1.54, 1.807) is 0 Å². The number of nitrogens with zero attached hydrogens (tertiary/aromatic N) is 3. The smallest absolute Gasteiger partial charge is 0.249 e. The molecule has 0 aliphatic rings. The molecular formula is C18H17F2N5. The Morgan fingerprint density at radius 3 is 2.52 bits per heavy atom. The molecule has 0 spiro atoms. The van der Waals surface area contributed by atoms with E-state index in [2.05, 4.69) is 39.7 Å². The van der Waals surface area contributed by atoms with Gasteiger partial charge in [0.15, 0.2) is 17.5 Å². The molecule has 25 heavy (non-hydrogen) atoms. The van der Waals surface area contributed by atoms with E-state index in [4.69, 9.17) is 0 Å². The van der Waals surface area contributed by atoms with Gasteiger partial charge in [0, 0.05) is 17.4 Å². The Balaban J connectivity index is 1.81. The van der Waals surface area contributed by atoms with Crippen molar-refractivity contribution in [3.63, 3.8) is 0 Å². The Morgan fingerprint density at radius 2 is 1.76 bits per heavy atom. The summed E-state index contributed by atoms with van der Waals surface area (Å²) in [5, 5.41) is 13.8. The van der Waals surface area contributed by atoms with Crippen LogP contribution in [0.1, 0.15) is 25.3 Å². The minimum atomic E-state index is -0.946.